The third-order valence-electron chi connectivity index (χ3n) is 4.03. The Hall–Kier alpha value is -1.60. The lowest BCUT2D eigenvalue weighted by molar-refractivity contribution is 0.456. The number of rotatable bonds is 6. The normalized spacial score (nSPS) is 13.9. The molecule has 0 aliphatic rings. The van der Waals surface area contributed by atoms with E-state index in [1.165, 1.54) is 28.7 Å². The van der Waals surface area contributed by atoms with Gasteiger partial charge in [-0.05, 0) is 51.7 Å². The first-order valence-electron chi connectivity index (χ1n) is 7.93. The van der Waals surface area contributed by atoms with Crippen molar-refractivity contribution in [1.29, 1.82) is 0 Å². The maximum Gasteiger partial charge on any atom is 0.0294 e. The Morgan fingerprint density at radius 1 is 0.905 bits per heavy atom. The number of aryl methyl sites for hydroxylation is 3. The van der Waals surface area contributed by atoms with E-state index in [1.54, 1.807) is 0 Å². The van der Waals surface area contributed by atoms with Crippen LogP contribution in [0.5, 0.6) is 0 Å². The number of nitrogens with one attached hydrogen (secondary N) is 1. The van der Waals surface area contributed by atoms with E-state index >= 15 is 0 Å². The van der Waals surface area contributed by atoms with Crippen LogP contribution < -0.4 is 5.32 Å². The summed E-state index contributed by atoms with van der Waals surface area (Å²) in [6.07, 6.45) is 2.30. The van der Waals surface area contributed by atoms with Crippen LogP contribution in [0.4, 0.5) is 0 Å². The van der Waals surface area contributed by atoms with E-state index in [4.69, 9.17) is 0 Å². The quantitative estimate of drug-likeness (QED) is 0.787. The zero-order chi connectivity index (χ0) is 15.2. The molecule has 21 heavy (non-hydrogen) atoms. The van der Waals surface area contributed by atoms with Crippen LogP contribution in [0.1, 0.15) is 48.6 Å². The van der Waals surface area contributed by atoms with Gasteiger partial charge in [0.15, 0.2) is 0 Å². The third-order valence-corrected chi connectivity index (χ3v) is 4.03. The van der Waals surface area contributed by atoms with E-state index in [1.807, 2.05) is 0 Å². The number of hydrogen-bond donors (Lipinski definition) is 1. The minimum absolute atomic E-state index is 0.400. The molecule has 2 atom stereocenters. The van der Waals surface area contributed by atoms with E-state index < -0.39 is 0 Å². The highest BCUT2D eigenvalue weighted by molar-refractivity contribution is 5.25. The van der Waals surface area contributed by atoms with Crippen LogP contribution in [-0.4, -0.2) is 6.04 Å². The number of benzene rings is 2. The average Bonchev–Trinajstić information content (AvgIpc) is 2.45. The fraction of sp³-hybridized carbons (Fsp3) is 0.400. The summed E-state index contributed by atoms with van der Waals surface area (Å²) < 4.78 is 0. The molecular weight excluding hydrogens is 254 g/mol. The standard InChI is InChI=1S/C20H27N/c1-15-7-5-9-19(13-15)12-11-17(3)21-18(4)20-10-6-8-16(2)14-20/h5-10,13-14,17-18,21H,11-12H2,1-4H3/t17?,18-/m1/s1. The second-order valence-electron chi connectivity index (χ2n) is 6.23. The molecule has 0 aliphatic carbocycles. The summed E-state index contributed by atoms with van der Waals surface area (Å²) in [7, 11) is 0. The van der Waals surface area contributed by atoms with Gasteiger partial charge in [-0.3, -0.25) is 0 Å². The summed E-state index contributed by atoms with van der Waals surface area (Å²) in [4.78, 5) is 0. The van der Waals surface area contributed by atoms with E-state index in [0.717, 1.165) is 6.42 Å². The van der Waals surface area contributed by atoms with Crippen molar-refractivity contribution in [3.63, 3.8) is 0 Å². The second-order valence-corrected chi connectivity index (χ2v) is 6.23. The van der Waals surface area contributed by atoms with Crippen LogP contribution in [0.15, 0.2) is 48.5 Å². The predicted octanol–water partition coefficient (Wildman–Crippen LogP) is 4.98. The van der Waals surface area contributed by atoms with Gasteiger partial charge in [-0.1, -0.05) is 59.7 Å². The molecule has 0 radical (unpaired) electrons. The van der Waals surface area contributed by atoms with Crippen LogP contribution in [0, 0.1) is 13.8 Å². The first-order chi connectivity index (χ1) is 10.0. The minimum atomic E-state index is 0.400. The van der Waals surface area contributed by atoms with Crippen LogP contribution in [0.3, 0.4) is 0 Å². The molecule has 1 heteroatoms. The van der Waals surface area contributed by atoms with Gasteiger partial charge in [0.2, 0.25) is 0 Å². The lowest BCUT2D eigenvalue weighted by Crippen LogP contribution is -2.29. The largest absolute Gasteiger partial charge is 0.308 e. The first-order valence-corrected chi connectivity index (χ1v) is 7.93. The Bertz CT molecular complexity index is 574. The Morgan fingerprint density at radius 2 is 1.57 bits per heavy atom. The Morgan fingerprint density at radius 3 is 2.24 bits per heavy atom. The summed E-state index contributed by atoms with van der Waals surface area (Å²) in [5.41, 5.74) is 5.49. The van der Waals surface area contributed by atoms with Crippen LogP contribution >= 0.6 is 0 Å². The highest BCUT2D eigenvalue weighted by Crippen LogP contribution is 2.16. The molecule has 0 aromatic heterocycles. The average molecular weight is 281 g/mol. The van der Waals surface area contributed by atoms with Crippen molar-refractivity contribution < 1.29 is 0 Å². The predicted molar refractivity (Wildman–Crippen MR) is 91.7 cm³/mol. The second kappa shape index (κ2) is 7.42. The maximum absolute atomic E-state index is 3.71. The number of hydrogen-bond acceptors (Lipinski definition) is 1. The highest BCUT2D eigenvalue weighted by Gasteiger charge is 2.09. The van der Waals surface area contributed by atoms with Gasteiger partial charge in [-0.2, -0.15) is 0 Å². The molecule has 1 unspecified atom stereocenters. The molecule has 0 saturated heterocycles. The summed E-state index contributed by atoms with van der Waals surface area (Å²) in [6.45, 7) is 8.84. The Labute approximate surface area is 129 Å². The molecule has 1 nitrogen and oxygen atoms in total. The molecule has 2 aromatic carbocycles. The fourth-order valence-electron chi connectivity index (χ4n) is 2.80. The van der Waals surface area contributed by atoms with Crippen molar-refractivity contribution in [2.75, 3.05) is 0 Å². The fourth-order valence-corrected chi connectivity index (χ4v) is 2.80. The molecule has 0 saturated carbocycles. The molecule has 1 N–H and O–H groups in total. The summed E-state index contributed by atoms with van der Waals surface area (Å²) in [5.74, 6) is 0. The Balaban J connectivity index is 1.85. The first kappa shape index (κ1) is 15.8. The third kappa shape index (κ3) is 5.02. The summed E-state index contributed by atoms with van der Waals surface area (Å²) in [5, 5.41) is 3.71. The van der Waals surface area contributed by atoms with Crippen molar-refractivity contribution >= 4 is 0 Å². The van der Waals surface area contributed by atoms with Crippen LogP contribution in [0.2, 0.25) is 0 Å². The van der Waals surface area contributed by atoms with Crippen LogP contribution in [0.25, 0.3) is 0 Å². The molecular formula is C20H27N. The molecule has 0 fully saturated rings. The van der Waals surface area contributed by atoms with Crippen molar-refractivity contribution in [3.05, 3.63) is 70.8 Å². The van der Waals surface area contributed by atoms with Gasteiger partial charge in [0.25, 0.3) is 0 Å². The van der Waals surface area contributed by atoms with E-state index in [2.05, 4.69) is 81.5 Å². The highest BCUT2D eigenvalue weighted by atomic mass is 14.9. The van der Waals surface area contributed by atoms with Crippen molar-refractivity contribution in [2.45, 2.75) is 52.6 Å². The summed E-state index contributed by atoms with van der Waals surface area (Å²) in [6, 6.07) is 18.5. The van der Waals surface area contributed by atoms with Crippen molar-refractivity contribution in [1.82, 2.24) is 5.32 Å². The molecule has 0 bridgehead atoms. The summed E-state index contributed by atoms with van der Waals surface area (Å²) >= 11 is 0. The van der Waals surface area contributed by atoms with Gasteiger partial charge in [0.05, 0.1) is 0 Å². The molecule has 0 spiro atoms. The lowest BCUT2D eigenvalue weighted by atomic mass is 10.0. The van der Waals surface area contributed by atoms with Crippen molar-refractivity contribution in [2.24, 2.45) is 0 Å². The van der Waals surface area contributed by atoms with E-state index in [9.17, 15) is 0 Å². The van der Waals surface area contributed by atoms with Crippen molar-refractivity contribution in [3.8, 4) is 0 Å². The zero-order valence-corrected chi connectivity index (χ0v) is 13.7. The van der Waals surface area contributed by atoms with Gasteiger partial charge in [-0.25, -0.2) is 0 Å². The minimum Gasteiger partial charge on any atom is -0.308 e. The van der Waals surface area contributed by atoms with Gasteiger partial charge in [-0.15, -0.1) is 0 Å². The molecule has 2 rings (SSSR count). The monoisotopic (exact) mass is 281 g/mol. The van der Waals surface area contributed by atoms with Gasteiger partial charge >= 0.3 is 0 Å². The molecule has 0 aliphatic heterocycles. The van der Waals surface area contributed by atoms with Gasteiger partial charge in [0.1, 0.15) is 0 Å². The maximum atomic E-state index is 3.71. The van der Waals surface area contributed by atoms with E-state index in [-0.39, 0.29) is 0 Å². The Kier molecular flexibility index (Phi) is 5.58. The van der Waals surface area contributed by atoms with Crippen LogP contribution in [-0.2, 0) is 6.42 Å². The smallest absolute Gasteiger partial charge is 0.0294 e. The zero-order valence-electron chi connectivity index (χ0n) is 13.7. The lowest BCUT2D eigenvalue weighted by Gasteiger charge is -2.21. The molecule has 2 aromatic rings. The molecule has 0 heterocycles. The SMILES string of the molecule is Cc1cccc(CCC(C)N[C@H](C)c2cccc(C)c2)c1. The van der Waals surface area contributed by atoms with Gasteiger partial charge < -0.3 is 5.32 Å². The molecule has 0 amide bonds. The molecule has 112 valence electrons. The van der Waals surface area contributed by atoms with Gasteiger partial charge in [0, 0.05) is 12.1 Å². The topological polar surface area (TPSA) is 12.0 Å². The van der Waals surface area contributed by atoms with E-state index in [0.29, 0.717) is 12.1 Å².